The van der Waals surface area contributed by atoms with Gasteiger partial charge >= 0.3 is 0 Å². The minimum Gasteiger partial charge on any atom is -0.346 e. The molecule has 152 valence electrons. The van der Waals surface area contributed by atoms with Crippen LogP contribution < -0.4 is 0 Å². The fourth-order valence-corrected chi connectivity index (χ4v) is 3.46. The quantitative estimate of drug-likeness (QED) is 0.795. The number of hydrogen-bond donors (Lipinski definition) is 1. The number of amides is 2. The lowest BCUT2D eigenvalue weighted by Crippen LogP contribution is -2.50. The van der Waals surface area contributed by atoms with Gasteiger partial charge in [0.15, 0.2) is 0 Å². The van der Waals surface area contributed by atoms with Crippen LogP contribution in [0.5, 0.6) is 0 Å². The first kappa shape index (κ1) is 20.0. The molecular formula is C19H29N7O2. The third-order valence-corrected chi connectivity index (χ3v) is 5.24. The summed E-state index contributed by atoms with van der Waals surface area (Å²) in [6.45, 7) is 10.5. The van der Waals surface area contributed by atoms with Crippen LogP contribution in [0.4, 0.5) is 0 Å². The molecule has 28 heavy (non-hydrogen) atoms. The Balaban J connectivity index is 1.41. The predicted octanol–water partition coefficient (Wildman–Crippen LogP) is 0.929. The van der Waals surface area contributed by atoms with Gasteiger partial charge < -0.3 is 14.8 Å². The first-order valence-corrected chi connectivity index (χ1v) is 9.79. The smallest absolute Gasteiger partial charge is 0.224 e. The van der Waals surface area contributed by atoms with Crippen molar-refractivity contribution in [2.24, 2.45) is 0 Å². The minimum atomic E-state index is 0.0983. The van der Waals surface area contributed by atoms with E-state index in [4.69, 9.17) is 0 Å². The zero-order chi connectivity index (χ0) is 20.3. The Morgan fingerprint density at radius 3 is 2.04 bits per heavy atom. The zero-order valence-corrected chi connectivity index (χ0v) is 17.2. The van der Waals surface area contributed by atoms with Crippen molar-refractivity contribution in [2.45, 2.75) is 53.5 Å². The van der Waals surface area contributed by atoms with Gasteiger partial charge in [0, 0.05) is 51.1 Å². The second-order valence-corrected chi connectivity index (χ2v) is 7.33. The highest BCUT2D eigenvalue weighted by molar-refractivity contribution is 5.78. The molecule has 3 rings (SSSR count). The summed E-state index contributed by atoms with van der Waals surface area (Å²) in [7, 11) is 0. The molecule has 0 bridgehead atoms. The molecule has 0 spiro atoms. The zero-order valence-electron chi connectivity index (χ0n) is 17.2. The van der Waals surface area contributed by atoms with E-state index < -0.39 is 0 Å². The average Bonchev–Trinajstić information content (AvgIpc) is 3.17. The second kappa shape index (κ2) is 8.53. The van der Waals surface area contributed by atoms with Crippen molar-refractivity contribution in [3.8, 4) is 0 Å². The highest BCUT2D eigenvalue weighted by atomic mass is 16.2. The van der Waals surface area contributed by atoms with E-state index in [0.29, 0.717) is 52.0 Å². The lowest BCUT2D eigenvalue weighted by atomic mass is 10.2. The van der Waals surface area contributed by atoms with Crippen LogP contribution in [0.3, 0.4) is 0 Å². The van der Waals surface area contributed by atoms with Crippen LogP contribution in [0.2, 0.25) is 0 Å². The van der Waals surface area contributed by atoms with Gasteiger partial charge in [0.25, 0.3) is 0 Å². The number of carbonyl (C=O) groups is 2. The lowest BCUT2D eigenvalue weighted by Gasteiger charge is -2.35. The van der Waals surface area contributed by atoms with Crippen molar-refractivity contribution in [3.05, 3.63) is 28.9 Å². The first-order chi connectivity index (χ1) is 13.3. The third kappa shape index (κ3) is 4.76. The number of H-pyrrole nitrogens is 1. The van der Waals surface area contributed by atoms with Gasteiger partial charge in [-0.05, 0) is 27.7 Å². The van der Waals surface area contributed by atoms with Crippen LogP contribution in [-0.2, 0) is 22.6 Å². The van der Waals surface area contributed by atoms with Gasteiger partial charge in [0.2, 0.25) is 11.8 Å². The maximum atomic E-state index is 12.5. The van der Waals surface area contributed by atoms with Gasteiger partial charge in [-0.3, -0.25) is 9.59 Å². The molecule has 0 unspecified atom stereocenters. The molecule has 0 saturated carbocycles. The number of nitrogens with zero attached hydrogens (tertiary/aromatic N) is 6. The maximum absolute atomic E-state index is 12.5. The Labute approximate surface area is 165 Å². The minimum absolute atomic E-state index is 0.0983. The van der Waals surface area contributed by atoms with Gasteiger partial charge in [-0.2, -0.15) is 5.10 Å². The second-order valence-electron chi connectivity index (χ2n) is 7.33. The number of imidazole rings is 1. The Morgan fingerprint density at radius 1 is 0.929 bits per heavy atom. The number of aryl methyl sites for hydroxylation is 6. The Morgan fingerprint density at radius 2 is 1.54 bits per heavy atom. The molecule has 1 fully saturated rings. The molecule has 0 radical (unpaired) electrons. The van der Waals surface area contributed by atoms with Crippen LogP contribution >= 0.6 is 0 Å². The number of aromatic nitrogens is 5. The predicted molar refractivity (Wildman–Crippen MR) is 104 cm³/mol. The number of nitrogens with one attached hydrogen (secondary N) is 1. The van der Waals surface area contributed by atoms with E-state index >= 15 is 0 Å². The van der Waals surface area contributed by atoms with E-state index in [1.54, 1.807) is 4.68 Å². The molecule has 1 N–H and O–H groups in total. The van der Waals surface area contributed by atoms with Crippen molar-refractivity contribution in [1.29, 1.82) is 0 Å². The third-order valence-electron chi connectivity index (χ3n) is 5.24. The molecule has 0 atom stereocenters. The van der Waals surface area contributed by atoms with Crippen LogP contribution in [0.15, 0.2) is 0 Å². The number of aromatic amines is 1. The Hall–Kier alpha value is -2.71. The normalized spacial score (nSPS) is 14.6. The summed E-state index contributed by atoms with van der Waals surface area (Å²) in [6, 6.07) is 0. The SMILES string of the molecule is Cc1nc(C)n(CCC(=O)N2CCN(C(=O)CCc3nc(C)c(C)[nH]3)CC2)n1. The maximum Gasteiger partial charge on any atom is 0.224 e. The monoisotopic (exact) mass is 387 g/mol. The molecule has 0 aliphatic carbocycles. The van der Waals surface area contributed by atoms with Gasteiger partial charge in [-0.25, -0.2) is 14.6 Å². The van der Waals surface area contributed by atoms with E-state index in [1.807, 2.05) is 37.5 Å². The number of rotatable bonds is 6. The highest BCUT2D eigenvalue weighted by Gasteiger charge is 2.24. The molecule has 9 nitrogen and oxygen atoms in total. The molecule has 1 aliphatic rings. The van der Waals surface area contributed by atoms with E-state index in [2.05, 4.69) is 20.1 Å². The summed E-state index contributed by atoms with van der Waals surface area (Å²) < 4.78 is 1.77. The molecule has 2 amide bonds. The number of hydrogen-bond acceptors (Lipinski definition) is 5. The van der Waals surface area contributed by atoms with Crippen molar-refractivity contribution >= 4 is 11.8 Å². The van der Waals surface area contributed by atoms with E-state index in [9.17, 15) is 9.59 Å². The standard InChI is InChI=1S/C19H29N7O2/c1-13-14(2)21-17(20-13)5-6-18(27)24-9-11-25(12-10-24)19(28)7-8-26-16(4)22-15(3)23-26/h5-12H2,1-4H3,(H,20,21). The first-order valence-electron chi connectivity index (χ1n) is 9.79. The number of carbonyl (C=O) groups excluding carboxylic acids is 2. The molecular weight excluding hydrogens is 358 g/mol. The van der Waals surface area contributed by atoms with Gasteiger partial charge in [-0.1, -0.05) is 0 Å². The molecule has 2 aromatic heterocycles. The van der Waals surface area contributed by atoms with Crippen molar-refractivity contribution in [2.75, 3.05) is 26.2 Å². The molecule has 1 saturated heterocycles. The van der Waals surface area contributed by atoms with Crippen LogP contribution in [0.1, 0.15) is 41.7 Å². The molecule has 0 aromatic carbocycles. The van der Waals surface area contributed by atoms with Gasteiger partial charge in [0.05, 0.1) is 12.2 Å². The largest absolute Gasteiger partial charge is 0.346 e. The van der Waals surface area contributed by atoms with E-state index in [-0.39, 0.29) is 11.8 Å². The van der Waals surface area contributed by atoms with Crippen molar-refractivity contribution in [1.82, 2.24) is 34.5 Å². The summed E-state index contributed by atoms with van der Waals surface area (Å²) in [5.74, 6) is 2.61. The van der Waals surface area contributed by atoms with E-state index in [1.165, 1.54) is 0 Å². The van der Waals surface area contributed by atoms with Crippen LogP contribution in [0, 0.1) is 27.7 Å². The van der Waals surface area contributed by atoms with Crippen molar-refractivity contribution < 1.29 is 9.59 Å². The average molecular weight is 387 g/mol. The summed E-state index contributed by atoms with van der Waals surface area (Å²) in [5, 5.41) is 4.29. The molecule has 2 aromatic rings. The lowest BCUT2D eigenvalue weighted by molar-refractivity contribution is -0.139. The summed E-state index contributed by atoms with van der Waals surface area (Å²) >= 11 is 0. The van der Waals surface area contributed by atoms with Crippen LogP contribution in [-0.4, -0.2) is 72.5 Å². The Kier molecular flexibility index (Phi) is 6.11. The topological polar surface area (TPSA) is 100 Å². The Bertz CT molecular complexity index is 827. The van der Waals surface area contributed by atoms with Crippen molar-refractivity contribution in [3.63, 3.8) is 0 Å². The molecule has 3 heterocycles. The molecule has 1 aliphatic heterocycles. The summed E-state index contributed by atoms with van der Waals surface area (Å²) in [6.07, 6.45) is 1.45. The number of piperazine rings is 1. The van der Waals surface area contributed by atoms with Gasteiger partial charge in [-0.15, -0.1) is 0 Å². The summed E-state index contributed by atoms with van der Waals surface area (Å²) in [4.78, 5) is 40.5. The highest BCUT2D eigenvalue weighted by Crippen LogP contribution is 2.10. The fraction of sp³-hybridized carbons (Fsp3) is 0.632. The van der Waals surface area contributed by atoms with Gasteiger partial charge in [0.1, 0.15) is 17.5 Å². The fourth-order valence-electron chi connectivity index (χ4n) is 3.46. The van der Waals surface area contributed by atoms with Crippen LogP contribution in [0.25, 0.3) is 0 Å². The molecule has 9 heteroatoms. The summed E-state index contributed by atoms with van der Waals surface area (Å²) in [5.41, 5.74) is 2.02. The van der Waals surface area contributed by atoms with E-state index in [0.717, 1.165) is 28.9 Å².